The van der Waals surface area contributed by atoms with Crippen LogP contribution in [0.2, 0.25) is 0 Å². The molecule has 4 heteroatoms. The summed E-state index contributed by atoms with van der Waals surface area (Å²) >= 11 is 0. The quantitative estimate of drug-likeness (QED) is 0.645. The number of aldehydes is 1. The predicted molar refractivity (Wildman–Crippen MR) is 67.0 cm³/mol. The van der Waals surface area contributed by atoms with E-state index in [0.29, 0.717) is 34.1 Å². The summed E-state index contributed by atoms with van der Waals surface area (Å²) in [6.07, 6.45) is 0.628. The lowest BCUT2D eigenvalue weighted by Crippen LogP contribution is -1.87. The Morgan fingerprint density at radius 2 is 1.68 bits per heavy atom. The van der Waals surface area contributed by atoms with Gasteiger partial charge in [-0.05, 0) is 42.5 Å². The number of carbonyl (C=O) groups excluding carboxylic acids is 1. The molecule has 1 heterocycles. The molecule has 0 unspecified atom stereocenters. The topological polar surface area (TPSA) is 30.2 Å². The van der Waals surface area contributed by atoms with E-state index in [2.05, 4.69) is 0 Å². The molecule has 0 spiro atoms. The molecule has 0 saturated carbocycles. The molecule has 0 N–H and O–H groups in total. The molecule has 0 aliphatic carbocycles. The van der Waals surface area contributed by atoms with Crippen molar-refractivity contribution in [3.8, 4) is 11.3 Å². The highest BCUT2D eigenvalue weighted by Gasteiger charge is 2.12. The highest BCUT2D eigenvalue weighted by Crippen LogP contribution is 2.30. The van der Waals surface area contributed by atoms with Gasteiger partial charge in [0.1, 0.15) is 23.0 Å². The molecule has 0 aliphatic rings. The van der Waals surface area contributed by atoms with Gasteiger partial charge in [0, 0.05) is 16.5 Å². The number of halogens is 2. The summed E-state index contributed by atoms with van der Waals surface area (Å²) in [5.41, 5.74) is 1.16. The number of fused-ring (bicyclic) bond motifs is 1. The van der Waals surface area contributed by atoms with E-state index in [-0.39, 0.29) is 5.82 Å². The van der Waals surface area contributed by atoms with Gasteiger partial charge in [0.25, 0.3) is 0 Å². The van der Waals surface area contributed by atoms with E-state index < -0.39 is 5.82 Å². The first-order valence-electron chi connectivity index (χ1n) is 5.61. The van der Waals surface area contributed by atoms with Crippen molar-refractivity contribution >= 4 is 17.3 Å². The maximum absolute atomic E-state index is 13.3. The predicted octanol–water partition coefficient (Wildman–Crippen LogP) is 4.19. The Bertz CT molecular complexity index is 775. The van der Waals surface area contributed by atoms with Crippen LogP contribution in [0.4, 0.5) is 8.78 Å². The third kappa shape index (κ3) is 2.01. The SMILES string of the molecule is O=Cc1ccc(F)cc1-c1cc2cc(F)ccc2o1. The van der Waals surface area contributed by atoms with Gasteiger partial charge in [0.05, 0.1) is 0 Å². The van der Waals surface area contributed by atoms with E-state index in [1.54, 1.807) is 6.07 Å². The van der Waals surface area contributed by atoms with Gasteiger partial charge in [-0.1, -0.05) is 0 Å². The van der Waals surface area contributed by atoms with Crippen molar-refractivity contribution in [2.45, 2.75) is 0 Å². The first-order valence-corrected chi connectivity index (χ1v) is 5.61. The molecule has 2 aromatic carbocycles. The van der Waals surface area contributed by atoms with Crippen LogP contribution in [0.5, 0.6) is 0 Å². The summed E-state index contributed by atoms with van der Waals surface area (Å²) in [7, 11) is 0. The van der Waals surface area contributed by atoms with E-state index in [0.717, 1.165) is 0 Å². The molecule has 19 heavy (non-hydrogen) atoms. The number of rotatable bonds is 2. The molecule has 3 rings (SSSR count). The molecule has 3 aromatic rings. The number of hydrogen-bond acceptors (Lipinski definition) is 2. The lowest BCUT2D eigenvalue weighted by atomic mass is 10.1. The van der Waals surface area contributed by atoms with Crippen LogP contribution in [0.15, 0.2) is 46.9 Å². The zero-order chi connectivity index (χ0) is 13.4. The molecular weight excluding hydrogens is 250 g/mol. The van der Waals surface area contributed by atoms with Gasteiger partial charge in [-0.25, -0.2) is 8.78 Å². The maximum atomic E-state index is 13.3. The van der Waals surface area contributed by atoms with Crippen molar-refractivity contribution in [1.82, 2.24) is 0 Å². The van der Waals surface area contributed by atoms with Crippen LogP contribution in [0.3, 0.4) is 0 Å². The first-order chi connectivity index (χ1) is 9.17. The van der Waals surface area contributed by atoms with Gasteiger partial charge in [-0.3, -0.25) is 4.79 Å². The number of furan rings is 1. The van der Waals surface area contributed by atoms with Gasteiger partial charge >= 0.3 is 0 Å². The maximum Gasteiger partial charge on any atom is 0.150 e. The van der Waals surface area contributed by atoms with Crippen LogP contribution < -0.4 is 0 Å². The Morgan fingerprint density at radius 1 is 0.947 bits per heavy atom. The highest BCUT2D eigenvalue weighted by atomic mass is 19.1. The molecule has 0 fully saturated rings. The smallest absolute Gasteiger partial charge is 0.150 e. The highest BCUT2D eigenvalue weighted by molar-refractivity contribution is 5.90. The van der Waals surface area contributed by atoms with Gasteiger partial charge in [-0.15, -0.1) is 0 Å². The minimum absolute atomic E-state index is 0.320. The van der Waals surface area contributed by atoms with Crippen molar-refractivity contribution in [2.24, 2.45) is 0 Å². The van der Waals surface area contributed by atoms with Crippen LogP contribution in [0.25, 0.3) is 22.3 Å². The summed E-state index contributed by atoms with van der Waals surface area (Å²) in [6.45, 7) is 0. The average molecular weight is 258 g/mol. The third-order valence-electron chi connectivity index (χ3n) is 2.89. The summed E-state index contributed by atoms with van der Waals surface area (Å²) in [5.74, 6) is -0.510. The molecule has 94 valence electrons. The Labute approximate surface area is 107 Å². The second-order valence-corrected chi connectivity index (χ2v) is 4.14. The fraction of sp³-hybridized carbons (Fsp3) is 0. The van der Waals surface area contributed by atoms with E-state index in [1.165, 1.54) is 36.4 Å². The van der Waals surface area contributed by atoms with E-state index in [9.17, 15) is 13.6 Å². The molecule has 0 amide bonds. The van der Waals surface area contributed by atoms with Gasteiger partial charge in [0.15, 0.2) is 6.29 Å². The average Bonchev–Trinajstić information content (AvgIpc) is 2.81. The second-order valence-electron chi connectivity index (χ2n) is 4.14. The Hall–Kier alpha value is -2.49. The van der Waals surface area contributed by atoms with Crippen molar-refractivity contribution in [1.29, 1.82) is 0 Å². The third-order valence-corrected chi connectivity index (χ3v) is 2.89. The van der Waals surface area contributed by atoms with E-state index in [1.807, 2.05) is 0 Å². The molecule has 0 radical (unpaired) electrons. The summed E-state index contributed by atoms with van der Waals surface area (Å²) in [6, 6.07) is 9.48. The number of benzene rings is 2. The fourth-order valence-corrected chi connectivity index (χ4v) is 1.99. The second kappa shape index (κ2) is 4.31. The Balaban J connectivity index is 2.24. The van der Waals surface area contributed by atoms with Crippen LogP contribution >= 0.6 is 0 Å². The monoisotopic (exact) mass is 258 g/mol. The molecule has 0 atom stereocenters. The van der Waals surface area contributed by atoms with Gasteiger partial charge < -0.3 is 4.42 Å². The zero-order valence-corrected chi connectivity index (χ0v) is 9.69. The molecular formula is C15H8F2O2. The van der Waals surface area contributed by atoms with Crippen molar-refractivity contribution < 1.29 is 18.0 Å². The molecule has 1 aromatic heterocycles. The molecule has 0 saturated heterocycles. The largest absolute Gasteiger partial charge is 0.456 e. The molecule has 0 bridgehead atoms. The molecule has 2 nitrogen and oxygen atoms in total. The van der Waals surface area contributed by atoms with E-state index in [4.69, 9.17) is 4.42 Å². The Kier molecular flexibility index (Phi) is 2.63. The lowest BCUT2D eigenvalue weighted by molar-refractivity contribution is 0.112. The van der Waals surface area contributed by atoms with Crippen molar-refractivity contribution in [3.63, 3.8) is 0 Å². The molecule has 0 aliphatic heterocycles. The van der Waals surface area contributed by atoms with Gasteiger partial charge in [-0.2, -0.15) is 0 Å². The summed E-state index contributed by atoms with van der Waals surface area (Å²) in [5, 5.41) is 0.566. The fourth-order valence-electron chi connectivity index (χ4n) is 1.99. The number of carbonyl (C=O) groups is 1. The van der Waals surface area contributed by atoms with E-state index >= 15 is 0 Å². The van der Waals surface area contributed by atoms with Crippen molar-refractivity contribution in [3.05, 3.63) is 59.7 Å². The van der Waals surface area contributed by atoms with Crippen LogP contribution in [-0.2, 0) is 0 Å². The van der Waals surface area contributed by atoms with Crippen LogP contribution in [-0.4, -0.2) is 6.29 Å². The van der Waals surface area contributed by atoms with Crippen LogP contribution in [0, 0.1) is 11.6 Å². The lowest BCUT2D eigenvalue weighted by Gasteiger charge is -2.00. The standard InChI is InChI=1S/C15H8F2O2/c16-11-3-4-14-10(5-11)6-15(19-14)13-7-12(17)2-1-9(13)8-18/h1-8H. The first kappa shape index (κ1) is 11.6. The Morgan fingerprint density at radius 3 is 2.47 bits per heavy atom. The minimum atomic E-state index is -0.466. The summed E-state index contributed by atoms with van der Waals surface area (Å²) in [4.78, 5) is 11.0. The normalized spacial score (nSPS) is 10.8. The van der Waals surface area contributed by atoms with Gasteiger partial charge in [0.2, 0.25) is 0 Å². The zero-order valence-electron chi connectivity index (χ0n) is 9.69. The number of hydrogen-bond donors (Lipinski definition) is 0. The summed E-state index contributed by atoms with van der Waals surface area (Å²) < 4.78 is 31.9. The minimum Gasteiger partial charge on any atom is -0.456 e. The van der Waals surface area contributed by atoms with Crippen molar-refractivity contribution in [2.75, 3.05) is 0 Å². The van der Waals surface area contributed by atoms with Crippen LogP contribution in [0.1, 0.15) is 10.4 Å².